The number of benzene rings is 2. The van der Waals surface area contributed by atoms with Gasteiger partial charge in [-0.1, -0.05) is 50.4 Å². The van der Waals surface area contributed by atoms with Gasteiger partial charge in [-0.15, -0.1) is 0 Å². The minimum atomic E-state index is -4.90. The molecule has 0 radical (unpaired) electrons. The molecule has 0 heterocycles. The zero-order chi connectivity index (χ0) is 22.5. The minimum absolute atomic E-state index is 0.168. The molecule has 2 aromatic rings. The molecule has 2 rings (SSSR count). The van der Waals surface area contributed by atoms with E-state index in [1.165, 1.54) is 0 Å². The number of hydrogen-bond acceptors (Lipinski definition) is 4. The highest BCUT2D eigenvalue weighted by molar-refractivity contribution is 6.30. The van der Waals surface area contributed by atoms with Gasteiger partial charge in [0, 0.05) is 21.7 Å². The lowest BCUT2D eigenvalue weighted by Crippen LogP contribution is -2.23. The van der Waals surface area contributed by atoms with Crippen LogP contribution in [0.5, 0.6) is 11.5 Å². The maximum Gasteiger partial charge on any atom is 0.433 e. The number of ether oxygens (including phenoxy) is 1. The van der Waals surface area contributed by atoms with Gasteiger partial charge in [-0.2, -0.15) is 18.4 Å². The first kappa shape index (κ1) is 23.6. The van der Waals surface area contributed by atoms with E-state index < -0.39 is 29.3 Å². The Hall–Kier alpha value is -2.72. The first-order chi connectivity index (χ1) is 14.1. The summed E-state index contributed by atoms with van der Waals surface area (Å²) in [6.45, 7) is 3.66. The van der Waals surface area contributed by atoms with E-state index >= 15 is 0 Å². The van der Waals surface area contributed by atoms with Crippen LogP contribution in [0, 0.1) is 16.7 Å². The third kappa shape index (κ3) is 5.25. The Balaban J connectivity index is 2.64. The summed E-state index contributed by atoms with van der Waals surface area (Å²) in [5.41, 5.74) is -1.09. The highest BCUT2D eigenvalue weighted by atomic mass is 35.5. The molecule has 0 fully saturated rings. The minimum Gasteiger partial charge on any atom is -0.507 e. The van der Waals surface area contributed by atoms with Crippen molar-refractivity contribution in [3.63, 3.8) is 0 Å². The molecule has 0 aliphatic heterocycles. The van der Waals surface area contributed by atoms with Crippen LogP contribution in [0.3, 0.4) is 0 Å². The summed E-state index contributed by atoms with van der Waals surface area (Å²) in [4.78, 5) is 0. The number of hydrogen-bond donors (Lipinski definition) is 2. The molecular formula is C22H22ClF3N2O2. The van der Waals surface area contributed by atoms with E-state index in [1.54, 1.807) is 24.3 Å². The Bertz CT molecular complexity index is 951. The zero-order valence-electron chi connectivity index (χ0n) is 16.6. The maximum atomic E-state index is 13.1. The van der Waals surface area contributed by atoms with Crippen molar-refractivity contribution in [2.45, 2.75) is 51.8 Å². The molecule has 8 heteroatoms. The number of aryl methyl sites for hydroxylation is 1. The zero-order valence-corrected chi connectivity index (χ0v) is 17.4. The first-order valence-electron chi connectivity index (χ1n) is 9.49. The molecule has 1 atom stereocenters. The van der Waals surface area contributed by atoms with Crippen molar-refractivity contribution < 1.29 is 23.0 Å². The summed E-state index contributed by atoms with van der Waals surface area (Å²) in [6.07, 6.45) is -4.22. The third-order valence-electron chi connectivity index (χ3n) is 4.52. The van der Waals surface area contributed by atoms with Gasteiger partial charge in [-0.25, -0.2) is 0 Å². The fourth-order valence-electron chi connectivity index (χ4n) is 3.12. The number of nitriles is 1. The topological polar surface area (TPSA) is 77.1 Å². The normalized spacial score (nSPS) is 12.3. The number of phenolic OH excluding ortho intramolecular Hbond substituents is 1. The quantitative estimate of drug-likeness (QED) is 0.460. The van der Waals surface area contributed by atoms with Crippen molar-refractivity contribution >= 4 is 17.3 Å². The van der Waals surface area contributed by atoms with Crippen LogP contribution in [0.2, 0.25) is 5.02 Å². The van der Waals surface area contributed by atoms with Gasteiger partial charge in [0.2, 0.25) is 6.10 Å². The lowest BCUT2D eigenvalue weighted by atomic mass is 9.94. The van der Waals surface area contributed by atoms with Gasteiger partial charge in [0.05, 0.1) is 0 Å². The highest BCUT2D eigenvalue weighted by Gasteiger charge is 2.38. The Morgan fingerprint density at radius 1 is 1.20 bits per heavy atom. The van der Waals surface area contributed by atoms with Crippen LogP contribution < -0.4 is 4.74 Å². The molecule has 2 N–H and O–H groups in total. The van der Waals surface area contributed by atoms with E-state index in [-0.39, 0.29) is 17.7 Å². The molecule has 0 aliphatic carbocycles. The molecule has 0 saturated carbocycles. The van der Waals surface area contributed by atoms with Crippen LogP contribution in [0.4, 0.5) is 13.2 Å². The highest BCUT2D eigenvalue weighted by Crippen LogP contribution is 2.41. The van der Waals surface area contributed by atoms with E-state index in [1.807, 2.05) is 19.9 Å². The number of halogens is 4. The van der Waals surface area contributed by atoms with Gasteiger partial charge in [0.15, 0.2) is 0 Å². The number of nitrogens with one attached hydrogen (secondary N) is 1. The average Bonchev–Trinajstić information content (AvgIpc) is 2.69. The fraction of sp³-hybridized carbons (Fsp3) is 0.364. The van der Waals surface area contributed by atoms with E-state index in [0.717, 1.165) is 6.07 Å². The molecule has 2 aromatic carbocycles. The number of aromatic hydroxyl groups is 1. The number of phenols is 1. The molecule has 160 valence electrons. The van der Waals surface area contributed by atoms with Gasteiger partial charge in [0.1, 0.15) is 23.3 Å². The van der Waals surface area contributed by atoms with Crippen LogP contribution in [-0.4, -0.2) is 17.0 Å². The molecule has 30 heavy (non-hydrogen) atoms. The fourth-order valence-corrected chi connectivity index (χ4v) is 3.25. The third-order valence-corrected chi connectivity index (χ3v) is 4.78. The van der Waals surface area contributed by atoms with Crippen molar-refractivity contribution in [3.05, 3.63) is 57.6 Å². The largest absolute Gasteiger partial charge is 0.507 e. The summed E-state index contributed by atoms with van der Waals surface area (Å²) < 4.78 is 45.4. The summed E-state index contributed by atoms with van der Waals surface area (Å²) in [5.74, 6) is -0.446. The van der Waals surface area contributed by atoms with Crippen molar-refractivity contribution in [2.75, 3.05) is 0 Å². The van der Waals surface area contributed by atoms with E-state index in [0.29, 0.717) is 35.4 Å². The van der Waals surface area contributed by atoms with E-state index in [9.17, 15) is 23.5 Å². The van der Waals surface area contributed by atoms with Crippen LogP contribution >= 0.6 is 11.6 Å². The second kappa shape index (κ2) is 9.86. The Morgan fingerprint density at radius 3 is 2.30 bits per heavy atom. The predicted molar refractivity (Wildman–Crippen MR) is 109 cm³/mol. The van der Waals surface area contributed by atoms with Crippen LogP contribution in [0.15, 0.2) is 30.3 Å². The lowest BCUT2D eigenvalue weighted by molar-refractivity contribution is -0.0588. The van der Waals surface area contributed by atoms with Gasteiger partial charge >= 0.3 is 6.18 Å². The summed E-state index contributed by atoms with van der Waals surface area (Å²) >= 11 is 5.89. The van der Waals surface area contributed by atoms with Crippen molar-refractivity contribution in [1.82, 2.24) is 0 Å². The van der Waals surface area contributed by atoms with Gasteiger partial charge < -0.3 is 9.84 Å². The Kier molecular flexibility index (Phi) is 7.74. The second-order valence-electron chi connectivity index (χ2n) is 6.79. The second-order valence-corrected chi connectivity index (χ2v) is 7.23. The van der Waals surface area contributed by atoms with Gasteiger partial charge in [0.25, 0.3) is 0 Å². The van der Waals surface area contributed by atoms with Crippen molar-refractivity contribution in [1.29, 1.82) is 10.7 Å². The van der Waals surface area contributed by atoms with Crippen molar-refractivity contribution in [2.24, 2.45) is 0 Å². The molecular weight excluding hydrogens is 417 g/mol. The average molecular weight is 439 g/mol. The Morgan fingerprint density at radius 2 is 1.80 bits per heavy atom. The SMILES string of the molecule is CCCc1cc(C(=N)C(F)(F)F)c(O)c(CCC)c1OC(C#N)c1ccc(Cl)cc1. The van der Waals surface area contributed by atoms with Crippen LogP contribution in [0.25, 0.3) is 0 Å². The standard InChI is InChI=1S/C22H22ClF3N2O2/c1-3-5-14-11-17(21(28)22(24,25)26)19(29)16(6-4-2)20(14)30-18(12-27)13-7-9-15(23)10-8-13/h7-11,18,28-29H,3-6H2,1-2H3. The monoisotopic (exact) mass is 438 g/mol. The summed E-state index contributed by atoms with van der Waals surface area (Å²) in [6, 6.07) is 9.64. The summed E-state index contributed by atoms with van der Waals surface area (Å²) in [7, 11) is 0. The van der Waals surface area contributed by atoms with Gasteiger partial charge in [-0.3, -0.25) is 5.41 Å². The lowest BCUT2D eigenvalue weighted by Gasteiger charge is -2.22. The molecule has 0 saturated heterocycles. The Labute approximate surface area is 178 Å². The summed E-state index contributed by atoms with van der Waals surface area (Å²) in [5, 5.41) is 28.2. The molecule has 0 spiro atoms. The van der Waals surface area contributed by atoms with Crippen molar-refractivity contribution in [3.8, 4) is 17.6 Å². The number of nitrogens with zero attached hydrogens (tertiary/aromatic N) is 1. The van der Waals surface area contributed by atoms with E-state index in [4.69, 9.17) is 21.7 Å². The molecule has 0 amide bonds. The molecule has 4 nitrogen and oxygen atoms in total. The number of alkyl halides is 3. The molecule has 0 aromatic heterocycles. The molecule has 0 aliphatic rings. The molecule has 1 unspecified atom stereocenters. The smallest absolute Gasteiger partial charge is 0.433 e. The first-order valence-corrected chi connectivity index (χ1v) is 9.87. The van der Waals surface area contributed by atoms with Gasteiger partial charge in [-0.05, 0) is 36.6 Å². The number of rotatable bonds is 8. The predicted octanol–water partition coefficient (Wildman–Crippen LogP) is 6.52. The molecule has 0 bridgehead atoms. The maximum absolute atomic E-state index is 13.1. The van der Waals surface area contributed by atoms with Crippen LogP contribution in [-0.2, 0) is 12.8 Å². The van der Waals surface area contributed by atoms with E-state index in [2.05, 4.69) is 0 Å². The van der Waals surface area contributed by atoms with Crippen LogP contribution in [0.1, 0.15) is 55.0 Å².